The maximum Gasteiger partial charge on any atom is 0.124 e. The molecule has 0 aliphatic carbocycles. The summed E-state index contributed by atoms with van der Waals surface area (Å²) in [6.45, 7) is 1.46. The van der Waals surface area contributed by atoms with Gasteiger partial charge in [0.2, 0.25) is 0 Å². The lowest BCUT2D eigenvalue weighted by molar-refractivity contribution is 0.174. The number of ether oxygens (including phenoxy) is 1. The largest absolute Gasteiger partial charge is 0.489 e. The Morgan fingerprint density at radius 1 is 0.885 bits per heavy atom. The van der Waals surface area contributed by atoms with Gasteiger partial charge in [0.05, 0.1) is 6.10 Å². The van der Waals surface area contributed by atoms with Crippen LogP contribution in [0, 0.1) is 5.82 Å². The van der Waals surface area contributed by atoms with Crippen LogP contribution in [0.4, 0.5) is 4.39 Å². The smallest absolute Gasteiger partial charge is 0.124 e. The number of para-hydroxylation sites is 1. The third-order valence-electron chi connectivity index (χ3n) is 4.12. The average Bonchev–Trinajstić information content (AvgIpc) is 2.68. The Balaban J connectivity index is 1.54. The van der Waals surface area contributed by atoms with Crippen molar-refractivity contribution in [2.75, 3.05) is 6.54 Å². The van der Waals surface area contributed by atoms with Gasteiger partial charge >= 0.3 is 0 Å². The topological polar surface area (TPSA) is 41.5 Å². The van der Waals surface area contributed by atoms with Crippen molar-refractivity contribution in [1.82, 2.24) is 5.32 Å². The summed E-state index contributed by atoms with van der Waals surface area (Å²) in [6, 6.07) is 23.8. The van der Waals surface area contributed by atoms with Crippen LogP contribution < -0.4 is 10.1 Å². The van der Waals surface area contributed by atoms with Crippen molar-refractivity contribution in [3.8, 4) is 5.75 Å². The fourth-order valence-electron chi connectivity index (χ4n) is 2.67. The zero-order valence-electron chi connectivity index (χ0n) is 14.4. The van der Waals surface area contributed by atoms with Crippen LogP contribution in [0.1, 0.15) is 22.8 Å². The SMILES string of the molecule is O[C@@H](CNCc1ccccc1OCc1ccccc1)c1ccc(F)cc1. The number of hydrogen-bond acceptors (Lipinski definition) is 3. The molecule has 3 rings (SSSR count). The van der Waals surface area contributed by atoms with Crippen LogP contribution in [-0.4, -0.2) is 11.7 Å². The van der Waals surface area contributed by atoms with Gasteiger partial charge in [-0.15, -0.1) is 0 Å². The average molecular weight is 351 g/mol. The number of nitrogens with one attached hydrogen (secondary N) is 1. The lowest BCUT2D eigenvalue weighted by Gasteiger charge is -2.15. The van der Waals surface area contributed by atoms with E-state index in [0.29, 0.717) is 25.3 Å². The zero-order valence-corrected chi connectivity index (χ0v) is 14.4. The van der Waals surface area contributed by atoms with Crippen molar-refractivity contribution in [3.05, 3.63) is 101 Å². The molecule has 1 atom stereocenters. The summed E-state index contributed by atoms with van der Waals surface area (Å²) in [6.07, 6.45) is -0.687. The Labute approximate surface area is 153 Å². The standard InChI is InChI=1S/C22H22FNO2/c23-20-12-10-18(11-13-20)21(25)15-24-14-19-8-4-5-9-22(19)26-16-17-6-2-1-3-7-17/h1-13,21,24-25H,14-16H2/t21-/m0/s1. The van der Waals surface area contributed by atoms with Crippen molar-refractivity contribution >= 4 is 0 Å². The monoisotopic (exact) mass is 351 g/mol. The minimum atomic E-state index is -0.687. The van der Waals surface area contributed by atoms with E-state index >= 15 is 0 Å². The third kappa shape index (κ3) is 5.15. The predicted molar refractivity (Wildman–Crippen MR) is 100 cm³/mol. The molecule has 3 aromatic carbocycles. The summed E-state index contributed by atoms with van der Waals surface area (Å²) in [7, 11) is 0. The fourth-order valence-corrected chi connectivity index (χ4v) is 2.67. The van der Waals surface area contributed by atoms with Crippen molar-refractivity contribution in [2.24, 2.45) is 0 Å². The van der Waals surface area contributed by atoms with Crippen LogP contribution >= 0.6 is 0 Å². The highest BCUT2D eigenvalue weighted by atomic mass is 19.1. The molecule has 134 valence electrons. The van der Waals surface area contributed by atoms with Crippen molar-refractivity contribution in [1.29, 1.82) is 0 Å². The van der Waals surface area contributed by atoms with Crippen LogP contribution in [-0.2, 0) is 13.2 Å². The number of aliphatic hydroxyl groups is 1. The molecule has 0 fully saturated rings. The molecule has 0 aromatic heterocycles. The molecular weight excluding hydrogens is 329 g/mol. The summed E-state index contributed by atoms with van der Waals surface area (Å²) in [5, 5.41) is 13.4. The molecule has 0 unspecified atom stereocenters. The summed E-state index contributed by atoms with van der Waals surface area (Å²) in [5.74, 6) is 0.513. The van der Waals surface area contributed by atoms with Crippen molar-refractivity contribution < 1.29 is 14.2 Å². The Kier molecular flexibility index (Phi) is 6.36. The first-order valence-electron chi connectivity index (χ1n) is 8.61. The summed E-state index contributed by atoms with van der Waals surface area (Å²) in [4.78, 5) is 0. The highest BCUT2D eigenvalue weighted by Crippen LogP contribution is 2.20. The van der Waals surface area contributed by atoms with Crippen LogP contribution in [0.15, 0.2) is 78.9 Å². The molecule has 4 heteroatoms. The van der Waals surface area contributed by atoms with E-state index in [1.54, 1.807) is 12.1 Å². The minimum absolute atomic E-state index is 0.307. The molecule has 0 saturated carbocycles. The molecule has 3 nitrogen and oxygen atoms in total. The van der Waals surface area contributed by atoms with E-state index < -0.39 is 6.10 Å². The second kappa shape index (κ2) is 9.13. The Morgan fingerprint density at radius 2 is 1.58 bits per heavy atom. The molecule has 0 radical (unpaired) electrons. The van der Waals surface area contributed by atoms with Crippen molar-refractivity contribution in [3.63, 3.8) is 0 Å². The molecule has 0 heterocycles. The van der Waals surface area contributed by atoms with Gasteiger partial charge in [-0.3, -0.25) is 0 Å². The molecule has 3 aromatic rings. The second-order valence-electron chi connectivity index (χ2n) is 6.08. The summed E-state index contributed by atoms with van der Waals surface area (Å²) < 4.78 is 18.9. The Bertz CT molecular complexity index is 806. The number of aliphatic hydroxyl groups excluding tert-OH is 1. The predicted octanol–water partition coefficient (Wildman–Crippen LogP) is 4.23. The van der Waals surface area contributed by atoms with Gasteiger partial charge < -0.3 is 15.2 Å². The Morgan fingerprint density at radius 3 is 2.35 bits per heavy atom. The van der Waals surface area contributed by atoms with Gasteiger partial charge in [-0.05, 0) is 29.3 Å². The summed E-state index contributed by atoms with van der Waals surface area (Å²) in [5.41, 5.74) is 2.82. The number of rotatable bonds is 8. The van der Waals surface area contributed by atoms with Gasteiger partial charge in [-0.2, -0.15) is 0 Å². The molecule has 26 heavy (non-hydrogen) atoms. The molecule has 0 aliphatic rings. The molecule has 2 N–H and O–H groups in total. The van der Waals surface area contributed by atoms with E-state index in [1.165, 1.54) is 12.1 Å². The van der Waals surface area contributed by atoms with E-state index in [0.717, 1.165) is 16.9 Å². The highest BCUT2D eigenvalue weighted by molar-refractivity contribution is 5.33. The number of halogens is 1. The molecule has 0 spiro atoms. The molecule has 0 saturated heterocycles. The van der Waals surface area contributed by atoms with E-state index in [-0.39, 0.29) is 5.82 Å². The van der Waals surface area contributed by atoms with Gasteiger partial charge in [0.25, 0.3) is 0 Å². The molecular formula is C22H22FNO2. The number of benzene rings is 3. The lowest BCUT2D eigenvalue weighted by atomic mass is 10.1. The van der Waals surface area contributed by atoms with Gasteiger partial charge in [-0.1, -0.05) is 60.7 Å². The van der Waals surface area contributed by atoms with Crippen LogP contribution in [0.3, 0.4) is 0 Å². The van der Waals surface area contributed by atoms with Crippen LogP contribution in [0.25, 0.3) is 0 Å². The fraction of sp³-hybridized carbons (Fsp3) is 0.182. The van der Waals surface area contributed by atoms with E-state index in [2.05, 4.69) is 5.32 Å². The first-order chi connectivity index (χ1) is 12.7. The van der Waals surface area contributed by atoms with Gasteiger partial charge in [0.15, 0.2) is 0 Å². The quantitative estimate of drug-likeness (QED) is 0.638. The molecule has 0 aliphatic heterocycles. The van der Waals surface area contributed by atoms with E-state index in [1.807, 2.05) is 54.6 Å². The van der Waals surface area contributed by atoms with E-state index in [4.69, 9.17) is 4.74 Å². The third-order valence-corrected chi connectivity index (χ3v) is 4.12. The maximum absolute atomic E-state index is 13.0. The van der Waals surface area contributed by atoms with Gasteiger partial charge in [0, 0.05) is 18.7 Å². The van der Waals surface area contributed by atoms with Gasteiger partial charge in [0.1, 0.15) is 18.2 Å². The van der Waals surface area contributed by atoms with Crippen LogP contribution in [0.2, 0.25) is 0 Å². The molecule has 0 bridgehead atoms. The van der Waals surface area contributed by atoms with Crippen molar-refractivity contribution in [2.45, 2.75) is 19.3 Å². The first kappa shape index (κ1) is 18.1. The van der Waals surface area contributed by atoms with Gasteiger partial charge in [-0.25, -0.2) is 4.39 Å². The lowest BCUT2D eigenvalue weighted by Crippen LogP contribution is -2.21. The second-order valence-corrected chi connectivity index (χ2v) is 6.08. The number of hydrogen-bond donors (Lipinski definition) is 2. The van der Waals surface area contributed by atoms with Crippen LogP contribution in [0.5, 0.6) is 5.75 Å². The Hall–Kier alpha value is -2.69. The maximum atomic E-state index is 13.0. The zero-order chi connectivity index (χ0) is 18.2. The normalized spacial score (nSPS) is 11.9. The first-order valence-corrected chi connectivity index (χ1v) is 8.61. The minimum Gasteiger partial charge on any atom is -0.489 e. The molecule has 0 amide bonds. The van der Waals surface area contributed by atoms with E-state index in [9.17, 15) is 9.50 Å². The summed E-state index contributed by atoms with van der Waals surface area (Å²) >= 11 is 0. The highest BCUT2D eigenvalue weighted by Gasteiger charge is 2.08.